The maximum Gasteiger partial charge on any atom is 0.264 e. The van der Waals surface area contributed by atoms with Crippen LogP contribution < -0.4 is 19.8 Å². The first-order chi connectivity index (χ1) is 16.8. The smallest absolute Gasteiger partial charge is 0.264 e. The van der Waals surface area contributed by atoms with E-state index in [9.17, 15) is 13.2 Å². The van der Waals surface area contributed by atoms with Crippen molar-refractivity contribution in [3.8, 4) is 0 Å². The van der Waals surface area contributed by atoms with Gasteiger partial charge in [-0.25, -0.2) is 8.42 Å². The van der Waals surface area contributed by atoms with Gasteiger partial charge in [0.05, 0.1) is 23.8 Å². The Bertz CT molecular complexity index is 1240. The standard InChI is InChI=1S/C26H30N4O4S/c1-20(26(31)28-21-11-13-24(14-12-21)30-15-17-34-18-16-30)27-22-7-6-10-25(19-22)35(32,33)29(2)23-8-4-3-5-9-23/h3-14,19-20,27H,15-18H2,1-2H3,(H,28,31)/t20-/m0/s1. The summed E-state index contributed by atoms with van der Waals surface area (Å²) in [4.78, 5) is 15.1. The molecule has 0 spiro atoms. The number of hydrogen-bond acceptors (Lipinski definition) is 6. The van der Waals surface area contributed by atoms with Crippen LogP contribution in [0.25, 0.3) is 0 Å². The monoisotopic (exact) mass is 494 g/mol. The molecule has 4 rings (SSSR count). The van der Waals surface area contributed by atoms with E-state index in [0.29, 0.717) is 30.3 Å². The molecule has 0 aliphatic carbocycles. The van der Waals surface area contributed by atoms with Gasteiger partial charge in [0.25, 0.3) is 10.0 Å². The lowest BCUT2D eigenvalue weighted by atomic mass is 10.2. The lowest BCUT2D eigenvalue weighted by Gasteiger charge is -2.29. The minimum atomic E-state index is -3.75. The third kappa shape index (κ3) is 5.93. The van der Waals surface area contributed by atoms with Crippen molar-refractivity contribution in [2.45, 2.75) is 17.9 Å². The molecule has 1 heterocycles. The zero-order valence-electron chi connectivity index (χ0n) is 19.8. The fraction of sp³-hybridized carbons (Fsp3) is 0.269. The summed E-state index contributed by atoms with van der Waals surface area (Å²) < 4.78 is 32.8. The average Bonchev–Trinajstić information content (AvgIpc) is 2.89. The first kappa shape index (κ1) is 24.6. The van der Waals surface area contributed by atoms with Crippen LogP contribution in [0.1, 0.15) is 6.92 Å². The van der Waals surface area contributed by atoms with E-state index in [0.717, 1.165) is 18.8 Å². The molecule has 35 heavy (non-hydrogen) atoms. The number of para-hydroxylation sites is 1. The number of nitrogens with zero attached hydrogens (tertiary/aromatic N) is 2. The molecule has 0 radical (unpaired) electrons. The van der Waals surface area contributed by atoms with Crippen molar-refractivity contribution in [2.24, 2.45) is 0 Å². The predicted octanol–water partition coefficient (Wildman–Crippen LogP) is 3.79. The van der Waals surface area contributed by atoms with Crippen molar-refractivity contribution in [2.75, 3.05) is 53.2 Å². The fourth-order valence-corrected chi connectivity index (χ4v) is 5.07. The van der Waals surface area contributed by atoms with Crippen LogP contribution in [0.3, 0.4) is 0 Å². The second kappa shape index (κ2) is 10.8. The van der Waals surface area contributed by atoms with Crippen LogP contribution in [0, 0.1) is 0 Å². The van der Waals surface area contributed by atoms with Crippen LogP contribution in [-0.4, -0.2) is 53.7 Å². The third-order valence-electron chi connectivity index (χ3n) is 5.90. The number of ether oxygens (including phenoxy) is 1. The Balaban J connectivity index is 1.39. The minimum absolute atomic E-state index is 0.139. The summed E-state index contributed by atoms with van der Waals surface area (Å²) in [7, 11) is -2.23. The van der Waals surface area contributed by atoms with E-state index in [4.69, 9.17) is 4.74 Å². The van der Waals surface area contributed by atoms with Crippen molar-refractivity contribution in [3.63, 3.8) is 0 Å². The molecule has 1 fully saturated rings. The highest BCUT2D eigenvalue weighted by molar-refractivity contribution is 7.92. The van der Waals surface area contributed by atoms with Crippen LogP contribution >= 0.6 is 0 Å². The van der Waals surface area contributed by atoms with E-state index >= 15 is 0 Å². The second-order valence-electron chi connectivity index (χ2n) is 8.34. The van der Waals surface area contributed by atoms with Gasteiger partial charge in [0, 0.05) is 37.2 Å². The topological polar surface area (TPSA) is 91.0 Å². The molecule has 184 valence electrons. The molecular formula is C26H30N4O4S. The molecule has 1 atom stereocenters. The first-order valence-electron chi connectivity index (χ1n) is 11.5. The molecule has 0 unspecified atom stereocenters. The van der Waals surface area contributed by atoms with Gasteiger partial charge in [0.2, 0.25) is 5.91 Å². The van der Waals surface area contributed by atoms with Crippen molar-refractivity contribution < 1.29 is 17.9 Å². The third-order valence-corrected chi connectivity index (χ3v) is 7.68. The summed E-state index contributed by atoms with van der Waals surface area (Å²) in [5, 5.41) is 6.00. The van der Waals surface area contributed by atoms with Crippen LogP contribution in [0.15, 0.2) is 83.8 Å². The summed E-state index contributed by atoms with van der Waals surface area (Å²) in [5.41, 5.74) is 2.90. The molecule has 3 aromatic rings. The van der Waals surface area contributed by atoms with E-state index in [1.54, 1.807) is 49.4 Å². The number of benzene rings is 3. The first-order valence-corrected chi connectivity index (χ1v) is 12.9. The van der Waals surface area contributed by atoms with Crippen molar-refractivity contribution >= 4 is 38.7 Å². The van der Waals surface area contributed by atoms with Crippen LogP contribution in [0.4, 0.5) is 22.7 Å². The molecule has 0 aromatic heterocycles. The molecular weight excluding hydrogens is 464 g/mol. The van der Waals surface area contributed by atoms with Gasteiger partial charge in [0.15, 0.2) is 0 Å². The summed E-state index contributed by atoms with van der Waals surface area (Å²) in [5.74, 6) is -0.223. The lowest BCUT2D eigenvalue weighted by Crippen LogP contribution is -2.36. The summed E-state index contributed by atoms with van der Waals surface area (Å²) in [6.07, 6.45) is 0. The van der Waals surface area contributed by atoms with Gasteiger partial charge >= 0.3 is 0 Å². The number of carbonyl (C=O) groups is 1. The zero-order valence-corrected chi connectivity index (χ0v) is 20.7. The van der Waals surface area contributed by atoms with Crippen molar-refractivity contribution in [1.82, 2.24) is 0 Å². The molecule has 0 saturated carbocycles. The minimum Gasteiger partial charge on any atom is -0.378 e. The maximum atomic E-state index is 13.1. The van der Waals surface area contributed by atoms with Gasteiger partial charge in [-0.1, -0.05) is 24.3 Å². The maximum absolute atomic E-state index is 13.1. The Morgan fingerprint density at radius 1 is 0.943 bits per heavy atom. The largest absolute Gasteiger partial charge is 0.378 e. The molecule has 2 N–H and O–H groups in total. The fourth-order valence-electron chi connectivity index (χ4n) is 3.82. The van der Waals surface area contributed by atoms with Gasteiger partial charge < -0.3 is 20.3 Å². The highest BCUT2D eigenvalue weighted by atomic mass is 32.2. The quantitative estimate of drug-likeness (QED) is 0.495. The number of amides is 1. The SMILES string of the molecule is C[C@H](Nc1cccc(S(=O)(=O)N(C)c2ccccc2)c1)C(=O)Nc1ccc(N2CCOCC2)cc1. The van der Waals surface area contributed by atoms with E-state index in [2.05, 4.69) is 15.5 Å². The van der Waals surface area contributed by atoms with E-state index in [1.165, 1.54) is 17.4 Å². The van der Waals surface area contributed by atoms with Gasteiger partial charge in [0.1, 0.15) is 6.04 Å². The molecule has 1 amide bonds. The predicted molar refractivity (Wildman–Crippen MR) is 140 cm³/mol. The molecule has 8 nitrogen and oxygen atoms in total. The zero-order chi connectivity index (χ0) is 24.8. The van der Waals surface area contributed by atoms with Gasteiger partial charge in [-0.15, -0.1) is 0 Å². The number of hydrogen-bond donors (Lipinski definition) is 2. The summed E-state index contributed by atoms with van der Waals surface area (Å²) in [6, 6.07) is 22.5. The normalized spacial score (nSPS) is 14.7. The Morgan fingerprint density at radius 3 is 2.31 bits per heavy atom. The van der Waals surface area contributed by atoms with Crippen LogP contribution in [-0.2, 0) is 19.6 Å². The molecule has 0 bridgehead atoms. The molecule has 3 aromatic carbocycles. The Hall–Kier alpha value is -3.56. The molecule has 1 aliphatic rings. The molecule has 1 aliphatic heterocycles. The highest BCUT2D eigenvalue weighted by Crippen LogP contribution is 2.24. The average molecular weight is 495 g/mol. The van der Waals surface area contributed by atoms with Crippen molar-refractivity contribution in [1.29, 1.82) is 0 Å². The molecule has 1 saturated heterocycles. The van der Waals surface area contributed by atoms with E-state index in [1.807, 2.05) is 30.3 Å². The number of rotatable bonds is 8. The van der Waals surface area contributed by atoms with Gasteiger partial charge in [-0.3, -0.25) is 9.10 Å². The Kier molecular flexibility index (Phi) is 7.57. The number of carbonyl (C=O) groups excluding carboxylic acids is 1. The van der Waals surface area contributed by atoms with Crippen LogP contribution in [0.2, 0.25) is 0 Å². The number of sulfonamides is 1. The lowest BCUT2D eigenvalue weighted by molar-refractivity contribution is -0.116. The Labute approximate surface area is 206 Å². The van der Waals surface area contributed by atoms with Gasteiger partial charge in [-0.05, 0) is 61.5 Å². The number of anilines is 4. The van der Waals surface area contributed by atoms with Crippen LogP contribution in [0.5, 0.6) is 0 Å². The van der Waals surface area contributed by atoms with E-state index in [-0.39, 0.29) is 10.8 Å². The summed E-state index contributed by atoms with van der Waals surface area (Å²) >= 11 is 0. The second-order valence-corrected chi connectivity index (χ2v) is 10.3. The van der Waals surface area contributed by atoms with E-state index < -0.39 is 16.1 Å². The number of morpholine rings is 1. The number of nitrogens with one attached hydrogen (secondary N) is 2. The van der Waals surface area contributed by atoms with Crippen molar-refractivity contribution in [3.05, 3.63) is 78.9 Å². The summed E-state index contributed by atoms with van der Waals surface area (Å²) in [6.45, 7) is 4.86. The highest BCUT2D eigenvalue weighted by Gasteiger charge is 2.22. The van der Waals surface area contributed by atoms with Gasteiger partial charge in [-0.2, -0.15) is 0 Å². The Morgan fingerprint density at radius 2 is 1.63 bits per heavy atom. The molecule has 9 heteroatoms.